The standard InChI is InChI=1S/C22H18F3NO3/c1-28-19-7-2-3-8-20(19)29-14-15-9-11-16(12-10-15)21(27)26-18-6-4-5-17(13-18)22(23,24)25/h2-13H,14H2,1H3,(H,26,27). The average molecular weight is 401 g/mol. The maximum absolute atomic E-state index is 12.8. The van der Waals surface area contributed by atoms with Crippen molar-refractivity contribution in [1.29, 1.82) is 0 Å². The zero-order chi connectivity index (χ0) is 20.9. The molecule has 0 aliphatic heterocycles. The Bertz CT molecular complexity index is 985. The molecule has 0 unspecified atom stereocenters. The topological polar surface area (TPSA) is 47.6 Å². The van der Waals surface area contributed by atoms with Crippen LogP contribution >= 0.6 is 0 Å². The van der Waals surface area contributed by atoms with Crippen LogP contribution in [0.5, 0.6) is 11.5 Å². The number of rotatable bonds is 6. The second-order valence-electron chi connectivity index (χ2n) is 6.17. The Morgan fingerprint density at radius 2 is 1.62 bits per heavy atom. The molecule has 1 N–H and O–H groups in total. The van der Waals surface area contributed by atoms with Gasteiger partial charge in [0, 0.05) is 11.3 Å². The van der Waals surface area contributed by atoms with E-state index in [9.17, 15) is 18.0 Å². The molecule has 0 atom stereocenters. The molecule has 0 aliphatic carbocycles. The van der Waals surface area contributed by atoms with Crippen LogP contribution in [0.25, 0.3) is 0 Å². The van der Waals surface area contributed by atoms with Crippen LogP contribution in [0.3, 0.4) is 0 Å². The number of ether oxygens (including phenoxy) is 2. The highest BCUT2D eigenvalue weighted by Crippen LogP contribution is 2.31. The monoisotopic (exact) mass is 401 g/mol. The molecule has 0 saturated carbocycles. The van der Waals surface area contributed by atoms with Gasteiger partial charge in [-0.05, 0) is 48.0 Å². The number of nitrogens with one attached hydrogen (secondary N) is 1. The molecule has 4 nitrogen and oxygen atoms in total. The maximum Gasteiger partial charge on any atom is 0.416 e. The molecule has 0 fully saturated rings. The molecule has 0 bridgehead atoms. The van der Waals surface area contributed by atoms with Crippen LogP contribution in [-0.4, -0.2) is 13.0 Å². The van der Waals surface area contributed by atoms with E-state index in [0.717, 1.165) is 17.7 Å². The number of hydrogen-bond acceptors (Lipinski definition) is 3. The summed E-state index contributed by atoms with van der Waals surface area (Å²) in [6.45, 7) is 0.274. The third-order valence-corrected chi connectivity index (χ3v) is 4.13. The summed E-state index contributed by atoms with van der Waals surface area (Å²) in [4.78, 5) is 12.3. The van der Waals surface area contributed by atoms with Crippen molar-refractivity contribution in [3.63, 3.8) is 0 Å². The first kappa shape index (κ1) is 20.3. The number of alkyl halides is 3. The summed E-state index contributed by atoms with van der Waals surface area (Å²) in [5, 5.41) is 2.48. The van der Waals surface area contributed by atoms with Crippen molar-refractivity contribution in [3.05, 3.63) is 89.5 Å². The Hall–Kier alpha value is -3.48. The highest BCUT2D eigenvalue weighted by molar-refractivity contribution is 6.04. The third kappa shape index (κ3) is 5.28. The molecule has 0 spiro atoms. The highest BCUT2D eigenvalue weighted by atomic mass is 19.4. The van der Waals surface area contributed by atoms with Gasteiger partial charge >= 0.3 is 6.18 Å². The predicted octanol–water partition coefficient (Wildman–Crippen LogP) is 5.55. The zero-order valence-corrected chi connectivity index (χ0v) is 15.5. The van der Waals surface area contributed by atoms with Crippen LogP contribution in [-0.2, 0) is 12.8 Å². The Labute approximate surface area is 165 Å². The van der Waals surface area contributed by atoms with Gasteiger partial charge in [0.05, 0.1) is 12.7 Å². The summed E-state index contributed by atoms with van der Waals surface area (Å²) in [6.07, 6.45) is -4.47. The van der Waals surface area contributed by atoms with Gasteiger partial charge in [-0.2, -0.15) is 13.2 Å². The van der Waals surface area contributed by atoms with Crippen LogP contribution in [0.15, 0.2) is 72.8 Å². The SMILES string of the molecule is COc1ccccc1OCc1ccc(C(=O)Nc2cccc(C(F)(F)F)c2)cc1. The first-order valence-corrected chi connectivity index (χ1v) is 8.70. The van der Waals surface area contributed by atoms with Crippen molar-refractivity contribution >= 4 is 11.6 Å². The molecule has 7 heteroatoms. The minimum absolute atomic E-state index is 0.0772. The number of methoxy groups -OCH3 is 1. The molecule has 0 aliphatic rings. The van der Waals surface area contributed by atoms with Crippen LogP contribution in [0, 0.1) is 0 Å². The number of hydrogen-bond donors (Lipinski definition) is 1. The lowest BCUT2D eigenvalue weighted by Crippen LogP contribution is -2.13. The van der Waals surface area contributed by atoms with E-state index in [1.165, 1.54) is 12.1 Å². The van der Waals surface area contributed by atoms with E-state index >= 15 is 0 Å². The van der Waals surface area contributed by atoms with E-state index in [1.54, 1.807) is 43.5 Å². The van der Waals surface area contributed by atoms with Crippen molar-refractivity contribution in [1.82, 2.24) is 0 Å². The van der Waals surface area contributed by atoms with Gasteiger partial charge in [0.15, 0.2) is 11.5 Å². The largest absolute Gasteiger partial charge is 0.493 e. The number of halogens is 3. The van der Waals surface area contributed by atoms with E-state index in [0.29, 0.717) is 17.1 Å². The molecule has 3 rings (SSSR count). The summed E-state index contributed by atoms with van der Waals surface area (Å²) in [7, 11) is 1.56. The molecule has 3 aromatic rings. The lowest BCUT2D eigenvalue weighted by molar-refractivity contribution is -0.137. The molecule has 0 radical (unpaired) electrons. The fourth-order valence-electron chi connectivity index (χ4n) is 2.63. The molecule has 0 aromatic heterocycles. The maximum atomic E-state index is 12.8. The lowest BCUT2D eigenvalue weighted by Gasteiger charge is -2.11. The number of para-hydroxylation sites is 2. The molecular weight excluding hydrogens is 383 g/mol. The molecule has 1 amide bonds. The quantitative estimate of drug-likeness (QED) is 0.590. The van der Waals surface area contributed by atoms with Gasteiger partial charge in [0.2, 0.25) is 0 Å². The van der Waals surface area contributed by atoms with Crippen LogP contribution in [0.2, 0.25) is 0 Å². The fraction of sp³-hybridized carbons (Fsp3) is 0.136. The van der Waals surface area contributed by atoms with E-state index in [4.69, 9.17) is 9.47 Å². The Morgan fingerprint density at radius 3 is 2.28 bits per heavy atom. The fourth-order valence-corrected chi connectivity index (χ4v) is 2.63. The van der Waals surface area contributed by atoms with Gasteiger partial charge in [0.25, 0.3) is 5.91 Å². The second-order valence-corrected chi connectivity index (χ2v) is 6.17. The van der Waals surface area contributed by atoms with Gasteiger partial charge < -0.3 is 14.8 Å². The normalized spacial score (nSPS) is 11.0. The van der Waals surface area contributed by atoms with Crippen molar-refractivity contribution in [2.45, 2.75) is 12.8 Å². The van der Waals surface area contributed by atoms with Crippen molar-refractivity contribution in [3.8, 4) is 11.5 Å². The molecule has 0 heterocycles. The van der Waals surface area contributed by atoms with E-state index < -0.39 is 17.6 Å². The number of anilines is 1. The third-order valence-electron chi connectivity index (χ3n) is 4.13. The summed E-state index contributed by atoms with van der Waals surface area (Å²) in [5.74, 6) is 0.715. The first-order chi connectivity index (χ1) is 13.9. The predicted molar refractivity (Wildman–Crippen MR) is 103 cm³/mol. The summed E-state index contributed by atoms with van der Waals surface area (Å²) in [6, 6.07) is 18.4. The number of carbonyl (C=O) groups is 1. The summed E-state index contributed by atoms with van der Waals surface area (Å²) >= 11 is 0. The lowest BCUT2D eigenvalue weighted by atomic mass is 10.1. The van der Waals surface area contributed by atoms with Gasteiger partial charge in [-0.1, -0.05) is 30.3 Å². The first-order valence-electron chi connectivity index (χ1n) is 8.70. The minimum atomic E-state index is -4.47. The summed E-state index contributed by atoms with van der Waals surface area (Å²) < 4.78 is 49.3. The Balaban J connectivity index is 1.63. The molecule has 29 heavy (non-hydrogen) atoms. The molecular formula is C22H18F3NO3. The van der Waals surface area contributed by atoms with E-state index in [2.05, 4.69) is 5.32 Å². The molecule has 150 valence electrons. The minimum Gasteiger partial charge on any atom is -0.493 e. The number of carbonyl (C=O) groups excluding carboxylic acids is 1. The molecule has 3 aromatic carbocycles. The van der Waals surface area contributed by atoms with Crippen LogP contribution in [0.4, 0.5) is 18.9 Å². The highest BCUT2D eigenvalue weighted by Gasteiger charge is 2.30. The van der Waals surface area contributed by atoms with Gasteiger partial charge in [-0.15, -0.1) is 0 Å². The van der Waals surface area contributed by atoms with E-state index in [1.807, 2.05) is 12.1 Å². The van der Waals surface area contributed by atoms with Crippen LogP contribution < -0.4 is 14.8 Å². The van der Waals surface area contributed by atoms with Crippen molar-refractivity contribution < 1.29 is 27.4 Å². The van der Waals surface area contributed by atoms with Crippen LogP contribution in [0.1, 0.15) is 21.5 Å². The zero-order valence-electron chi connectivity index (χ0n) is 15.5. The van der Waals surface area contributed by atoms with Crippen molar-refractivity contribution in [2.75, 3.05) is 12.4 Å². The number of benzene rings is 3. The van der Waals surface area contributed by atoms with Gasteiger partial charge in [-0.3, -0.25) is 4.79 Å². The van der Waals surface area contributed by atoms with Gasteiger partial charge in [-0.25, -0.2) is 0 Å². The Morgan fingerprint density at radius 1 is 0.931 bits per heavy atom. The Kier molecular flexibility index (Phi) is 6.07. The number of amides is 1. The van der Waals surface area contributed by atoms with Crippen molar-refractivity contribution in [2.24, 2.45) is 0 Å². The van der Waals surface area contributed by atoms with E-state index in [-0.39, 0.29) is 12.3 Å². The molecule has 0 saturated heterocycles. The smallest absolute Gasteiger partial charge is 0.416 e. The van der Waals surface area contributed by atoms with Gasteiger partial charge in [0.1, 0.15) is 6.61 Å². The summed E-state index contributed by atoms with van der Waals surface area (Å²) in [5.41, 5.74) is 0.405. The second kappa shape index (κ2) is 8.68. The average Bonchev–Trinajstić information content (AvgIpc) is 2.72.